The highest BCUT2D eigenvalue weighted by Crippen LogP contribution is 2.27. The lowest BCUT2D eigenvalue weighted by Gasteiger charge is -2.25. The minimum absolute atomic E-state index is 0.521. The van der Waals surface area contributed by atoms with Crippen LogP contribution in [0.1, 0.15) is 37.8 Å². The number of hydrogen-bond donors (Lipinski definition) is 1. The number of thiazole rings is 1. The van der Waals surface area contributed by atoms with Gasteiger partial charge in [0.2, 0.25) is 0 Å². The zero-order valence-electron chi connectivity index (χ0n) is 11.0. The van der Waals surface area contributed by atoms with Crippen molar-refractivity contribution in [2.75, 3.05) is 18.5 Å². The second kappa shape index (κ2) is 6.21. The molecule has 0 bridgehead atoms. The van der Waals surface area contributed by atoms with E-state index in [-0.39, 0.29) is 0 Å². The Kier molecular flexibility index (Phi) is 5.22. The van der Waals surface area contributed by atoms with Gasteiger partial charge in [-0.25, -0.2) is 4.98 Å². The van der Waals surface area contributed by atoms with Gasteiger partial charge in [-0.2, -0.15) is 0 Å². The fraction of sp³-hybridized carbons (Fsp3) is 0.750. The van der Waals surface area contributed by atoms with E-state index in [1.165, 1.54) is 10.0 Å². The molecule has 0 saturated heterocycles. The second-order valence-electron chi connectivity index (χ2n) is 4.32. The highest BCUT2D eigenvalue weighted by molar-refractivity contribution is 7.15. The third-order valence-corrected chi connectivity index (χ3v) is 3.75. The number of nitrogens with zero attached hydrogens (tertiary/aromatic N) is 2. The number of nitrogens with one attached hydrogen (secondary N) is 1. The van der Waals surface area contributed by atoms with E-state index in [4.69, 9.17) is 0 Å². The van der Waals surface area contributed by atoms with Gasteiger partial charge in [0.1, 0.15) is 0 Å². The SMILES string of the molecule is CCCN(c1nc(C)c(CNC)s1)C(C)C. The lowest BCUT2D eigenvalue weighted by molar-refractivity contribution is 0.668. The first-order valence-corrected chi connectivity index (χ1v) is 6.79. The molecule has 0 aromatic carbocycles. The highest BCUT2D eigenvalue weighted by Gasteiger charge is 2.15. The van der Waals surface area contributed by atoms with E-state index in [1.54, 1.807) is 0 Å². The summed E-state index contributed by atoms with van der Waals surface area (Å²) in [5.41, 5.74) is 1.16. The first kappa shape index (κ1) is 13.5. The molecule has 0 aliphatic heterocycles. The van der Waals surface area contributed by atoms with Crippen molar-refractivity contribution in [3.05, 3.63) is 10.6 Å². The monoisotopic (exact) mass is 241 g/mol. The molecule has 3 nitrogen and oxygen atoms in total. The summed E-state index contributed by atoms with van der Waals surface area (Å²) < 4.78 is 0. The molecule has 16 heavy (non-hydrogen) atoms. The predicted molar refractivity (Wildman–Crippen MR) is 72.4 cm³/mol. The fourth-order valence-electron chi connectivity index (χ4n) is 1.68. The van der Waals surface area contributed by atoms with E-state index in [0.717, 1.165) is 25.2 Å². The molecule has 0 fully saturated rings. The zero-order chi connectivity index (χ0) is 12.1. The summed E-state index contributed by atoms with van der Waals surface area (Å²) in [5.74, 6) is 0. The average molecular weight is 241 g/mol. The topological polar surface area (TPSA) is 28.2 Å². The van der Waals surface area contributed by atoms with Crippen LogP contribution in [0.25, 0.3) is 0 Å². The van der Waals surface area contributed by atoms with Gasteiger partial charge in [-0.3, -0.25) is 0 Å². The van der Waals surface area contributed by atoms with Crippen LogP contribution >= 0.6 is 11.3 Å². The molecule has 0 radical (unpaired) electrons. The molecule has 0 spiro atoms. The van der Waals surface area contributed by atoms with Crippen molar-refractivity contribution in [2.45, 2.75) is 46.7 Å². The van der Waals surface area contributed by atoms with Gasteiger partial charge in [-0.15, -0.1) is 11.3 Å². The molecule has 0 aliphatic carbocycles. The maximum absolute atomic E-state index is 4.67. The van der Waals surface area contributed by atoms with Crippen molar-refractivity contribution in [1.29, 1.82) is 0 Å². The molecule has 0 saturated carbocycles. The van der Waals surface area contributed by atoms with Gasteiger partial charge >= 0.3 is 0 Å². The van der Waals surface area contributed by atoms with Crippen LogP contribution in [0.4, 0.5) is 5.13 Å². The van der Waals surface area contributed by atoms with E-state index in [1.807, 2.05) is 18.4 Å². The Labute approximate surface area is 103 Å². The Balaban J connectivity index is 2.88. The average Bonchev–Trinajstić information content (AvgIpc) is 2.57. The number of aryl methyl sites for hydroxylation is 1. The molecule has 1 aromatic heterocycles. The Morgan fingerprint density at radius 2 is 2.12 bits per heavy atom. The standard InChI is InChI=1S/C12H23N3S/c1-6-7-15(9(2)3)12-14-10(4)11(16-12)8-13-5/h9,13H,6-8H2,1-5H3. The predicted octanol–water partition coefficient (Wildman–Crippen LogP) is 2.80. The minimum atomic E-state index is 0.521. The van der Waals surface area contributed by atoms with Crippen molar-refractivity contribution in [1.82, 2.24) is 10.3 Å². The van der Waals surface area contributed by atoms with E-state index < -0.39 is 0 Å². The lowest BCUT2D eigenvalue weighted by Crippen LogP contribution is -2.31. The van der Waals surface area contributed by atoms with Gasteiger partial charge in [-0.1, -0.05) is 6.92 Å². The molecule has 4 heteroatoms. The van der Waals surface area contributed by atoms with Gasteiger partial charge in [0.15, 0.2) is 5.13 Å². The number of anilines is 1. The summed E-state index contributed by atoms with van der Waals surface area (Å²) in [7, 11) is 1.98. The third kappa shape index (κ3) is 3.19. The molecule has 0 aliphatic rings. The third-order valence-electron chi connectivity index (χ3n) is 2.55. The molecule has 0 unspecified atom stereocenters. The Bertz CT molecular complexity index is 320. The van der Waals surface area contributed by atoms with Crippen molar-refractivity contribution in [3.63, 3.8) is 0 Å². The summed E-state index contributed by atoms with van der Waals surface area (Å²) in [5, 5.41) is 4.36. The molecule has 1 N–H and O–H groups in total. The molecular weight excluding hydrogens is 218 g/mol. The summed E-state index contributed by atoms with van der Waals surface area (Å²) in [4.78, 5) is 8.41. The molecule has 92 valence electrons. The van der Waals surface area contributed by atoms with Crippen LogP contribution in [0.5, 0.6) is 0 Å². The van der Waals surface area contributed by atoms with Crippen molar-refractivity contribution < 1.29 is 0 Å². The molecular formula is C12H23N3S. The van der Waals surface area contributed by atoms with Gasteiger partial charge in [0, 0.05) is 24.0 Å². The van der Waals surface area contributed by atoms with Crippen LogP contribution in [-0.4, -0.2) is 24.6 Å². The van der Waals surface area contributed by atoms with Crippen LogP contribution in [0.15, 0.2) is 0 Å². The van der Waals surface area contributed by atoms with Crippen molar-refractivity contribution in [2.24, 2.45) is 0 Å². The zero-order valence-corrected chi connectivity index (χ0v) is 11.8. The smallest absolute Gasteiger partial charge is 0.186 e. The quantitative estimate of drug-likeness (QED) is 0.830. The van der Waals surface area contributed by atoms with E-state index in [2.05, 4.69) is 42.9 Å². The van der Waals surface area contributed by atoms with E-state index in [0.29, 0.717) is 6.04 Å². The molecule has 0 amide bonds. The number of hydrogen-bond acceptors (Lipinski definition) is 4. The highest BCUT2D eigenvalue weighted by atomic mass is 32.1. The fourth-order valence-corrected chi connectivity index (χ4v) is 2.91. The van der Waals surface area contributed by atoms with Crippen molar-refractivity contribution >= 4 is 16.5 Å². The summed E-state index contributed by atoms with van der Waals surface area (Å²) >= 11 is 1.81. The lowest BCUT2D eigenvalue weighted by atomic mass is 10.3. The van der Waals surface area contributed by atoms with Crippen molar-refractivity contribution in [3.8, 4) is 0 Å². The number of aromatic nitrogens is 1. The molecule has 1 rings (SSSR count). The minimum Gasteiger partial charge on any atom is -0.346 e. The van der Waals surface area contributed by atoms with Crippen LogP contribution in [0, 0.1) is 6.92 Å². The van der Waals surface area contributed by atoms with Gasteiger partial charge in [-0.05, 0) is 34.2 Å². The van der Waals surface area contributed by atoms with E-state index in [9.17, 15) is 0 Å². The first-order chi connectivity index (χ1) is 7.60. The van der Waals surface area contributed by atoms with E-state index >= 15 is 0 Å². The molecule has 0 atom stereocenters. The van der Waals surface area contributed by atoms with Gasteiger partial charge in [0.25, 0.3) is 0 Å². The van der Waals surface area contributed by atoms with Crippen LogP contribution in [0.3, 0.4) is 0 Å². The Hall–Kier alpha value is -0.610. The normalized spacial score (nSPS) is 11.1. The van der Waals surface area contributed by atoms with Gasteiger partial charge in [0.05, 0.1) is 5.69 Å². The maximum atomic E-state index is 4.67. The van der Waals surface area contributed by atoms with Gasteiger partial charge < -0.3 is 10.2 Å². The Morgan fingerprint density at radius 1 is 1.44 bits per heavy atom. The van der Waals surface area contributed by atoms with Crippen LogP contribution in [0.2, 0.25) is 0 Å². The molecule has 1 aromatic rings. The Morgan fingerprint density at radius 3 is 2.62 bits per heavy atom. The second-order valence-corrected chi connectivity index (χ2v) is 5.38. The molecule has 1 heterocycles. The largest absolute Gasteiger partial charge is 0.346 e. The first-order valence-electron chi connectivity index (χ1n) is 5.97. The summed E-state index contributed by atoms with van der Waals surface area (Å²) in [6.07, 6.45) is 1.16. The summed E-state index contributed by atoms with van der Waals surface area (Å²) in [6.45, 7) is 10.8. The van der Waals surface area contributed by atoms with Crippen LogP contribution < -0.4 is 10.2 Å². The van der Waals surface area contributed by atoms with Crippen LogP contribution in [-0.2, 0) is 6.54 Å². The number of rotatable bonds is 6. The maximum Gasteiger partial charge on any atom is 0.186 e. The summed E-state index contributed by atoms with van der Waals surface area (Å²) in [6, 6.07) is 0.521.